The van der Waals surface area contributed by atoms with E-state index < -0.39 is 0 Å². The van der Waals surface area contributed by atoms with Crippen molar-refractivity contribution in [3.05, 3.63) is 53.5 Å². The van der Waals surface area contributed by atoms with Gasteiger partial charge in [-0.3, -0.25) is 4.79 Å². The molecule has 1 amide bonds. The molecule has 0 aliphatic rings. The Bertz CT molecular complexity index is 382. The molecule has 3 nitrogen and oxygen atoms in total. The number of hydrogen-bond donors (Lipinski definition) is 1. The number of rotatable bonds is 7. The van der Waals surface area contributed by atoms with Gasteiger partial charge in [0.05, 0.1) is 6.04 Å². The van der Waals surface area contributed by atoms with Gasteiger partial charge in [-0.1, -0.05) is 31.4 Å². The summed E-state index contributed by atoms with van der Waals surface area (Å²) in [4.78, 5) is 14.7. The van der Waals surface area contributed by atoms with Crippen molar-refractivity contribution in [3.63, 3.8) is 0 Å². The molecule has 0 aliphatic heterocycles. The van der Waals surface area contributed by atoms with Gasteiger partial charge in [-0.15, -0.1) is 11.3 Å². The summed E-state index contributed by atoms with van der Waals surface area (Å²) in [5, 5.41) is 5.53. The van der Waals surface area contributed by atoms with Crippen molar-refractivity contribution in [1.82, 2.24) is 10.3 Å². The Morgan fingerprint density at radius 2 is 2.44 bits per heavy atom. The van der Waals surface area contributed by atoms with Gasteiger partial charge < -0.3 is 5.32 Å². The van der Waals surface area contributed by atoms with Gasteiger partial charge in [0, 0.05) is 11.6 Å². The minimum atomic E-state index is -0.0956. The predicted molar refractivity (Wildman–Crippen MR) is 67.1 cm³/mol. The van der Waals surface area contributed by atoms with Gasteiger partial charge in [0.2, 0.25) is 6.41 Å². The molecule has 1 heterocycles. The summed E-state index contributed by atoms with van der Waals surface area (Å²) in [5.74, 6) is 0. The van der Waals surface area contributed by atoms with Crippen molar-refractivity contribution in [2.75, 3.05) is 0 Å². The third kappa shape index (κ3) is 3.47. The maximum atomic E-state index is 10.5. The summed E-state index contributed by atoms with van der Waals surface area (Å²) in [6.45, 7) is 7.36. The molecular formula is C12H14N2OS. The molecule has 0 saturated heterocycles. The van der Waals surface area contributed by atoms with E-state index in [2.05, 4.69) is 23.5 Å². The first-order valence-electron chi connectivity index (χ1n) is 4.85. The van der Waals surface area contributed by atoms with Crippen LogP contribution in [0, 0.1) is 0 Å². The second kappa shape index (κ2) is 6.74. The van der Waals surface area contributed by atoms with Crippen LogP contribution in [-0.4, -0.2) is 11.4 Å². The molecule has 1 atom stereocenters. The van der Waals surface area contributed by atoms with E-state index in [1.807, 2.05) is 11.5 Å². The van der Waals surface area contributed by atoms with Crippen molar-refractivity contribution < 1.29 is 4.79 Å². The highest BCUT2D eigenvalue weighted by Gasteiger charge is 2.13. The molecule has 0 saturated carbocycles. The van der Waals surface area contributed by atoms with Crippen molar-refractivity contribution in [3.8, 4) is 0 Å². The zero-order chi connectivity index (χ0) is 11.8. The van der Waals surface area contributed by atoms with Gasteiger partial charge in [0.1, 0.15) is 5.01 Å². The lowest BCUT2D eigenvalue weighted by Crippen LogP contribution is -2.19. The third-order valence-corrected chi connectivity index (χ3v) is 2.94. The fourth-order valence-corrected chi connectivity index (χ4v) is 2.01. The lowest BCUT2D eigenvalue weighted by Gasteiger charge is -2.13. The molecule has 84 valence electrons. The molecule has 1 aromatic heterocycles. The summed E-state index contributed by atoms with van der Waals surface area (Å²) in [7, 11) is 0. The minimum absolute atomic E-state index is 0.0956. The molecule has 4 heteroatoms. The average Bonchev–Trinajstić information content (AvgIpc) is 2.81. The Morgan fingerprint density at radius 3 is 2.94 bits per heavy atom. The molecule has 0 aromatic carbocycles. The van der Waals surface area contributed by atoms with Gasteiger partial charge in [-0.05, 0) is 12.0 Å². The molecule has 0 radical (unpaired) electrons. The van der Waals surface area contributed by atoms with Crippen LogP contribution in [0.1, 0.15) is 17.5 Å². The Kier molecular flexibility index (Phi) is 5.22. The Hall–Kier alpha value is -1.68. The number of allylic oxidation sites excluding steroid dienone is 3. The second-order valence-electron chi connectivity index (χ2n) is 3.09. The van der Waals surface area contributed by atoms with Crippen molar-refractivity contribution in [1.29, 1.82) is 0 Å². The second-order valence-corrected chi connectivity index (χ2v) is 4.02. The molecule has 0 bridgehead atoms. The van der Waals surface area contributed by atoms with Crippen LogP contribution in [0.4, 0.5) is 0 Å². The summed E-state index contributed by atoms with van der Waals surface area (Å²) < 4.78 is 0. The molecule has 1 aromatic rings. The standard InChI is InChI=1S/C12H14N2OS/c1-3-5-10(4-2)8-11(14-9-15)12-13-6-7-16-12/h3-7,9,11H,1-2,8H2,(H,14,15)/b10-5+. The zero-order valence-electron chi connectivity index (χ0n) is 8.93. The lowest BCUT2D eigenvalue weighted by molar-refractivity contribution is -0.110. The van der Waals surface area contributed by atoms with E-state index in [4.69, 9.17) is 0 Å². The van der Waals surface area contributed by atoms with Crippen LogP contribution in [0.15, 0.2) is 48.5 Å². The minimum Gasteiger partial charge on any atom is -0.349 e. The third-order valence-electron chi connectivity index (χ3n) is 2.05. The van der Waals surface area contributed by atoms with E-state index in [0.717, 1.165) is 10.6 Å². The maximum absolute atomic E-state index is 10.5. The number of aromatic nitrogens is 1. The predicted octanol–water partition coefficient (Wildman–Crippen LogP) is 2.62. The van der Waals surface area contributed by atoms with E-state index in [1.54, 1.807) is 18.3 Å². The van der Waals surface area contributed by atoms with Crippen molar-refractivity contribution >= 4 is 17.7 Å². The van der Waals surface area contributed by atoms with Crippen LogP contribution in [-0.2, 0) is 4.79 Å². The smallest absolute Gasteiger partial charge is 0.207 e. The van der Waals surface area contributed by atoms with Crippen molar-refractivity contribution in [2.45, 2.75) is 12.5 Å². The number of nitrogens with one attached hydrogen (secondary N) is 1. The number of nitrogens with zero attached hydrogens (tertiary/aromatic N) is 1. The van der Waals surface area contributed by atoms with Crippen molar-refractivity contribution in [2.24, 2.45) is 0 Å². The molecule has 1 rings (SSSR count). The summed E-state index contributed by atoms with van der Waals surface area (Å²) in [5.41, 5.74) is 1.02. The highest BCUT2D eigenvalue weighted by atomic mass is 32.1. The molecule has 0 aliphatic carbocycles. The van der Waals surface area contributed by atoms with Crippen LogP contribution >= 0.6 is 11.3 Å². The van der Waals surface area contributed by atoms with Gasteiger partial charge in [-0.25, -0.2) is 4.98 Å². The highest BCUT2D eigenvalue weighted by molar-refractivity contribution is 7.09. The molecular weight excluding hydrogens is 220 g/mol. The number of thiazole rings is 1. The van der Waals surface area contributed by atoms with Crippen LogP contribution in [0.3, 0.4) is 0 Å². The fourth-order valence-electron chi connectivity index (χ4n) is 1.31. The SMILES string of the molecule is C=C/C=C(\C=C)CC(NC=O)c1nccs1. The van der Waals surface area contributed by atoms with Crippen LogP contribution in [0.5, 0.6) is 0 Å². The van der Waals surface area contributed by atoms with Gasteiger partial charge in [0.15, 0.2) is 0 Å². The topological polar surface area (TPSA) is 42.0 Å². The highest BCUT2D eigenvalue weighted by Crippen LogP contribution is 2.23. The molecule has 1 N–H and O–H groups in total. The quantitative estimate of drug-likeness (QED) is 0.582. The molecule has 0 spiro atoms. The number of carbonyl (C=O) groups is 1. The van der Waals surface area contributed by atoms with E-state index in [0.29, 0.717) is 12.8 Å². The van der Waals surface area contributed by atoms with Crippen LogP contribution < -0.4 is 5.32 Å². The fraction of sp³-hybridized carbons (Fsp3) is 0.167. The molecule has 16 heavy (non-hydrogen) atoms. The van der Waals surface area contributed by atoms with E-state index in [-0.39, 0.29) is 6.04 Å². The largest absolute Gasteiger partial charge is 0.349 e. The Labute approximate surface area is 99.2 Å². The van der Waals surface area contributed by atoms with Crippen LogP contribution in [0.2, 0.25) is 0 Å². The lowest BCUT2D eigenvalue weighted by atomic mass is 10.1. The number of carbonyl (C=O) groups excluding carboxylic acids is 1. The average molecular weight is 234 g/mol. The zero-order valence-corrected chi connectivity index (χ0v) is 9.74. The van der Waals surface area contributed by atoms with Gasteiger partial charge in [0.25, 0.3) is 0 Å². The van der Waals surface area contributed by atoms with Crippen LogP contribution in [0.25, 0.3) is 0 Å². The number of hydrogen-bond acceptors (Lipinski definition) is 3. The summed E-state index contributed by atoms with van der Waals surface area (Å²) in [6.07, 6.45) is 8.43. The number of amides is 1. The van der Waals surface area contributed by atoms with Gasteiger partial charge >= 0.3 is 0 Å². The first kappa shape index (κ1) is 12.4. The van der Waals surface area contributed by atoms with E-state index in [1.165, 1.54) is 11.3 Å². The Balaban J connectivity index is 2.79. The normalized spacial score (nSPS) is 12.9. The van der Waals surface area contributed by atoms with E-state index >= 15 is 0 Å². The van der Waals surface area contributed by atoms with E-state index in [9.17, 15) is 4.79 Å². The Morgan fingerprint density at radius 1 is 1.62 bits per heavy atom. The molecule has 0 fully saturated rings. The first-order chi connectivity index (χ1) is 7.81. The monoisotopic (exact) mass is 234 g/mol. The maximum Gasteiger partial charge on any atom is 0.207 e. The molecule has 1 unspecified atom stereocenters. The van der Waals surface area contributed by atoms with Gasteiger partial charge in [-0.2, -0.15) is 0 Å². The summed E-state index contributed by atoms with van der Waals surface area (Å²) >= 11 is 1.52. The summed E-state index contributed by atoms with van der Waals surface area (Å²) in [6, 6.07) is -0.0956. The first-order valence-corrected chi connectivity index (χ1v) is 5.73.